The molecule has 2 aliphatic heterocycles. The molecule has 0 saturated carbocycles. The van der Waals surface area contributed by atoms with Gasteiger partial charge in [0.1, 0.15) is 5.54 Å². The number of amides is 2. The van der Waals surface area contributed by atoms with E-state index in [1.165, 1.54) is 0 Å². The molecule has 4 rings (SSSR count). The van der Waals surface area contributed by atoms with Crippen LogP contribution in [-0.4, -0.2) is 30.8 Å². The molecule has 0 bridgehead atoms. The molecule has 2 aliphatic rings. The van der Waals surface area contributed by atoms with E-state index in [-0.39, 0.29) is 11.4 Å². The number of rotatable bonds is 6. The van der Waals surface area contributed by atoms with Crippen LogP contribution in [0.3, 0.4) is 0 Å². The fraction of sp³-hybridized carbons (Fsp3) is 0.448. The van der Waals surface area contributed by atoms with Gasteiger partial charge in [0.25, 0.3) is 0 Å². The standard InChI is InChI=1S/C29H35ClN2O4/c1-7-35-25(33)20-9-12-22(13-10-20)32-17-24-28(5,6)36-18-29(24,31-26(32)34)21-11-8-19(23(30)16-21)14-15-27(2,3)4/h8-13,16-17H,7,14-15,18H2,1-6H3,(H,31,34). The van der Waals surface area contributed by atoms with Gasteiger partial charge >= 0.3 is 12.0 Å². The number of ether oxygens (including phenoxy) is 2. The third-order valence-electron chi connectivity index (χ3n) is 6.90. The lowest BCUT2D eigenvalue weighted by molar-refractivity contribution is 0.0461. The van der Waals surface area contributed by atoms with Crippen LogP contribution in [0.5, 0.6) is 0 Å². The number of carbonyl (C=O) groups is 2. The molecule has 7 heteroatoms. The first-order chi connectivity index (χ1) is 16.9. The SMILES string of the molecule is CCOC(=O)c1ccc(N2C=C3C(C)(C)OCC3(c3ccc(CCC(C)(C)C)c(Cl)c3)NC2=O)cc1. The van der Waals surface area contributed by atoms with Gasteiger partial charge in [0.05, 0.1) is 30.1 Å². The van der Waals surface area contributed by atoms with Gasteiger partial charge < -0.3 is 14.8 Å². The van der Waals surface area contributed by atoms with Gasteiger partial charge in [-0.15, -0.1) is 0 Å². The third kappa shape index (κ3) is 5.02. The van der Waals surface area contributed by atoms with Crippen molar-refractivity contribution >= 4 is 29.3 Å². The molecule has 6 nitrogen and oxygen atoms in total. The molecule has 192 valence electrons. The highest BCUT2D eigenvalue weighted by Crippen LogP contribution is 2.48. The molecule has 2 aromatic carbocycles. The molecule has 0 radical (unpaired) electrons. The van der Waals surface area contributed by atoms with Crippen molar-refractivity contribution in [1.29, 1.82) is 0 Å². The number of nitrogens with one attached hydrogen (secondary N) is 1. The fourth-order valence-electron chi connectivity index (χ4n) is 4.76. The lowest BCUT2D eigenvalue weighted by Crippen LogP contribution is -2.56. The predicted molar refractivity (Wildman–Crippen MR) is 142 cm³/mol. The minimum atomic E-state index is -0.811. The van der Waals surface area contributed by atoms with Gasteiger partial charge in [0.15, 0.2) is 0 Å². The van der Waals surface area contributed by atoms with Gasteiger partial charge in [0, 0.05) is 16.8 Å². The molecule has 0 aromatic heterocycles. The highest BCUT2D eigenvalue weighted by molar-refractivity contribution is 6.31. The number of hydrogen-bond acceptors (Lipinski definition) is 4. The third-order valence-corrected chi connectivity index (χ3v) is 7.25. The number of hydrogen-bond donors (Lipinski definition) is 1. The molecule has 2 amide bonds. The van der Waals surface area contributed by atoms with E-state index < -0.39 is 17.1 Å². The van der Waals surface area contributed by atoms with Crippen molar-refractivity contribution in [1.82, 2.24) is 5.32 Å². The van der Waals surface area contributed by atoms with E-state index in [1.54, 1.807) is 36.1 Å². The summed E-state index contributed by atoms with van der Waals surface area (Å²) >= 11 is 6.74. The van der Waals surface area contributed by atoms with Gasteiger partial charge in [-0.1, -0.05) is 44.5 Å². The average Bonchev–Trinajstić information content (AvgIpc) is 3.08. The summed E-state index contributed by atoms with van der Waals surface area (Å²) in [6, 6.07) is 12.6. The smallest absolute Gasteiger partial charge is 0.338 e. The summed E-state index contributed by atoms with van der Waals surface area (Å²) in [5.74, 6) is -0.391. The Labute approximate surface area is 218 Å². The summed E-state index contributed by atoms with van der Waals surface area (Å²) in [6.45, 7) is 13.0. The summed E-state index contributed by atoms with van der Waals surface area (Å²) in [5.41, 5.74) is 2.81. The molecule has 0 aliphatic carbocycles. The van der Waals surface area contributed by atoms with Crippen LogP contribution in [0, 0.1) is 5.41 Å². The van der Waals surface area contributed by atoms with Gasteiger partial charge in [-0.3, -0.25) is 4.90 Å². The van der Waals surface area contributed by atoms with Gasteiger partial charge in [-0.2, -0.15) is 0 Å². The molecule has 36 heavy (non-hydrogen) atoms. The van der Waals surface area contributed by atoms with Crippen LogP contribution in [-0.2, 0) is 21.4 Å². The number of halogens is 1. The summed E-state index contributed by atoms with van der Waals surface area (Å²) in [5, 5.41) is 3.91. The zero-order valence-corrected chi connectivity index (χ0v) is 22.7. The number of anilines is 1. The highest BCUT2D eigenvalue weighted by atomic mass is 35.5. The van der Waals surface area contributed by atoms with E-state index in [0.717, 1.165) is 29.5 Å². The number of esters is 1. The quantitative estimate of drug-likeness (QED) is 0.444. The first-order valence-electron chi connectivity index (χ1n) is 12.4. The van der Waals surface area contributed by atoms with Gasteiger partial charge in [-0.05, 0) is 80.5 Å². The van der Waals surface area contributed by atoms with E-state index in [9.17, 15) is 9.59 Å². The molecule has 1 saturated heterocycles. The largest absolute Gasteiger partial charge is 0.462 e. The van der Waals surface area contributed by atoms with Crippen LogP contribution >= 0.6 is 11.6 Å². The first kappa shape index (κ1) is 26.2. The maximum atomic E-state index is 13.4. The monoisotopic (exact) mass is 510 g/mol. The van der Waals surface area contributed by atoms with E-state index in [1.807, 2.05) is 32.2 Å². The van der Waals surface area contributed by atoms with Crippen LogP contribution in [0.25, 0.3) is 0 Å². The number of aryl methyl sites for hydroxylation is 1. The molecule has 1 atom stereocenters. The fourth-order valence-corrected chi connectivity index (χ4v) is 5.03. The van der Waals surface area contributed by atoms with Crippen molar-refractivity contribution in [2.45, 2.75) is 65.5 Å². The molecule has 0 spiro atoms. The molecule has 1 unspecified atom stereocenters. The maximum absolute atomic E-state index is 13.4. The molecule has 1 fully saturated rings. The number of nitrogens with zero attached hydrogens (tertiary/aromatic N) is 1. The minimum absolute atomic E-state index is 0.217. The molecule has 2 heterocycles. The lowest BCUT2D eigenvalue weighted by atomic mass is 9.77. The Morgan fingerprint density at radius 1 is 1.17 bits per heavy atom. The van der Waals surface area contributed by atoms with Crippen molar-refractivity contribution in [2.75, 3.05) is 18.1 Å². The molecule has 2 aromatic rings. The van der Waals surface area contributed by atoms with Crippen LogP contribution in [0.1, 0.15) is 69.4 Å². The van der Waals surface area contributed by atoms with Crippen molar-refractivity contribution in [2.24, 2.45) is 5.41 Å². The second-order valence-electron chi connectivity index (χ2n) is 11.2. The second-order valence-corrected chi connectivity index (χ2v) is 11.6. The number of fused-ring (bicyclic) bond motifs is 1. The van der Waals surface area contributed by atoms with Crippen LogP contribution in [0.2, 0.25) is 5.02 Å². The summed E-state index contributed by atoms with van der Waals surface area (Å²) in [7, 11) is 0. The number of carbonyl (C=O) groups excluding carboxylic acids is 2. The van der Waals surface area contributed by atoms with Crippen LogP contribution < -0.4 is 10.2 Å². The number of benzene rings is 2. The van der Waals surface area contributed by atoms with E-state index >= 15 is 0 Å². The normalized spacial score (nSPS) is 21.0. The van der Waals surface area contributed by atoms with E-state index in [4.69, 9.17) is 21.1 Å². The average molecular weight is 511 g/mol. The Morgan fingerprint density at radius 3 is 2.47 bits per heavy atom. The highest BCUT2D eigenvalue weighted by Gasteiger charge is 2.54. The summed E-state index contributed by atoms with van der Waals surface area (Å²) in [4.78, 5) is 27.0. The van der Waals surface area contributed by atoms with Crippen molar-refractivity contribution in [3.8, 4) is 0 Å². The zero-order chi connectivity index (χ0) is 26.3. The Bertz CT molecular complexity index is 1200. The minimum Gasteiger partial charge on any atom is -0.462 e. The van der Waals surface area contributed by atoms with Gasteiger partial charge in [0.2, 0.25) is 0 Å². The Kier molecular flexibility index (Phi) is 6.97. The number of urea groups is 1. The first-order valence-corrected chi connectivity index (χ1v) is 12.8. The van der Waals surface area contributed by atoms with Gasteiger partial charge in [-0.25, -0.2) is 9.59 Å². The zero-order valence-electron chi connectivity index (χ0n) is 21.9. The summed E-state index contributed by atoms with van der Waals surface area (Å²) in [6.07, 6.45) is 3.77. The van der Waals surface area contributed by atoms with E-state index in [0.29, 0.717) is 29.5 Å². The van der Waals surface area contributed by atoms with E-state index in [2.05, 4.69) is 32.2 Å². The molecular formula is C29H35ClN2O4. The maximum Gasteiger partial charge on any atom is 0.338 e. The molecular weight excluding hydrogens is 476 g/mol. The Morgan fingerprint density at radius 2 is 1.86 bits per heavy atom. The van der Waals surface area contributed by atoms with Crippen LogP contribution in [0.4, 0.5) is 10.5 Å². The lowest BCUT2D eigenvalue weighted by Gasteiger charge is -2.40. The van der Waals surface area contributed by atoms with Crippen molar-refractivity contribution in [3.63, 3.8) is 0 Å². The predicted octanol–water partition coefficient (Wildman–Crippen LogP) is 6.61. The van der Waals surface area contributed by atoms with Crippen molar-refractivity contribution < 1.29 is 19.1 Å². The Hall–Kier alpha value is -2.83. The second kappa shape index (κ2) is 9.56. The topological polar surface area (TPSA) is 67.9 Å². The summed E-state index contributed by atoms with van der Waals surface area (Å²) < 4.78 is 11.3. The van der Waals surface area contributed by atoms with Crippen LogP contribution in [0.15, 0.2) is 54.2 Å². The Balaban J connectivity index is 1.68. The molecule has 1 N–H and O–H groups in total. The van der Waals surface area contributed by atoms with Crippen molar-refractivity contribution in [3.05, 3.63) is 76.0 Å².